The molecule has 0 radical (unpaired) electrons. The van der Waals surface area contributed by atoms with Crippen LogP contribution in [0.1, 0.15) is 19.4 Å². The van der Waals surface area contributed by atoms with Gasteiger partial charge in [-0.1, -0.05) is 18.2 Å². The molecule has 0 unspecified atom stereocenters. The predicted molar refractivity (Wildman–Crippen MR) is 102 cm³/mol. The molecule has 1 aliphatic rings. The zero-order chi connectivity index (χ0) is 17.3. The standard InChI is InChI=1S/C21H20N2O2/c1-13-9-10-15-18(17(13)23-12-11-22(4)21(23,2)3)25-19-14-7-5-6-8-16(14)24-20(15)19/h5-12H,1-4H3. The molecule has 0 spiro atoms. The molecule has 126 valence electrons. The van der Waals surface area contributed by atoms with Crippen molar-refractivity contribution in [2.75, 3.05) is 11.9 Å². The van der Waals surface area contributed by atoms with Crippen LogP contribution in [0.4, 0.5) is 5.69 Å². The summed E-state index contributed by atoms with van der Waals surface area (Å²) >= 11 is 0. The minimum Gasteiger partial charge on any atom is -0.452 e. The van der Waals surface area contributed by atoms with Gasteiger partial charge in [0.05, 0.1) is 16.5 Å². The number of anilines is 1. The van der Waals surface area contributed by atoms with Crippen molar-refractivity contribution in [3.05, 3.63) is 54.4 Å². The number of nitrogens with zero attached hydrogens (tertiary/aromatic N) is 2. The summed E-state index contributed by atoms with van der Waals surface area (Å²) in [5, 5.41) is 2.04. The molecule has 0 saturated carbocycles. The monoisotopic (exact) mass is 332 g/mol. The smallest absolute Gasteiger partial charge is 0.181 e. The van der Waals surface area contributed by atoms with Crippen LogP contribution in [0.3, 0.4) is 0 Å². The molecule has 0 aliphatic carbocycles. The van der Waals surface area contributed by atoms with Crippen LogP contribution in [-0.4, -0.2) is 17.6 Å². The fourth-order valence-corrected chi connectivity index (χ4v) is 3.70. The lowest BCUT2D eigenvalue weighted by Crippen LogP contribution is -2.46. The molecular weight excluding hydrogens is 312 g/mol. The van der Waals surface area contributed by atoms with Crippen molar-refractivity contribution in [3.63, 3.8) is 0 Å². The summed E-state index contributed by atoms with van der Waals surface area (Å²) in [5.74, 6) is 0. The molecule has 4 heteroatoms. The second-order valence-electron chi connectivity index (χ2n) is 7.24. The molecule has 3 heterocycles. The van der Waals surface area contributed by atoms with E-state index in [0.717, 1.165) is 38.8 Å². The molecule has 4 nitrogen and oxygen atoms in total. The van der Waals surface area contributed by atoms with Crippen LogP contribution >= 0.6 is 0 Å². The molecule has 0 N–H and O–H groups in total. The maximum Gasteiger partial charge on any atom is 0.181 e. The average Bonchev–Trinajstić information content (AvgIpc) is 3.19. The lowest BCUT2D eigenvalue weighted by Gasteiger charge is -2.38. The molecule has 0 bridgehead atoms. The third kappa shape index (κ3) is 1.77. The Bertz CT molecular complexity index is 1160. The summed E-state index contributed by atoms with van der Waals surface area (Å²) in [6.07, 6.45) is 4.21. The van der Waals surface area contributed by atoms with Gasteiger partial charge in [0.15, 0.2) is 16.7 Å². The molecule has 0 saturated heterocycles. The van der Waals surface area contributed by atoms with Crippen molar-refractivity contribution in [3.8, 4) is 0 Å². The summed E-state index contributed by atoms with van der Waals surface area (Å²) in [6, 6.07) is 12.3. The van der Waals surface area contributed by atoms with Crippen LogP contribution in [0, 0.1) is 6.92 Å². The minimum atomic E-state index is -0.158. The first-order valence-electron chi connectivity index (χ1n) is 8.52. The van der Waals surface area contributed by atoms with Gasteiger partial charge in [0.2, 0.25) is 0 Å². The third-order valence-corrected chi connectivity index (χ3v) is 5.46. The first-order chi connectivity index (χ1) is 12.0. The number of benzene rings is 2. The van der Waals surface area contributed by atoms with Gasteiger partial charge in [-0.2, -0.15) is 0 Å². The van der Waals surface area contributed by atoms with E-state index in [1.165, 1.54) is 5.56 Å². The summed E-state index contributed by atoms with van der Waals surface area (Å²) in [5.41, 5.74) is 5.52. The first kappa shape index (κ1) is 14.5. The number of hydrogen-bond acceptors (Lipinski definition) is 4. The molecule has 25 heavy (non-hydrogen) atoms. The molecule has 0 amide bonds. The molecule has 2 aromatic carbocycles. The van der Waals surface area contributed by atoms with E-state index >= 15 is 0 Å². The van der Waals surface area contributed by atoms with E-state index in [1.54, 1.807) is 0 Å². The first-order valence-corrected chi connectivity index (χ1v) is 8.52. The van der Waals surface area contributed by atoms with Gasteiger partial charge in [-0.05, 0) is 44.5 Å². The number of fused-ring (bicyclic) bond motifs is 5. The maximum absolute atomic E-state index is 6.37. The van der Waals surface area contributed by atoms with Crippen molar-refractivity contribution >= 4 is 38.8 Å². The van der Waals surface area contributed by atoms with Crippen molar-refractivity contribution in [1.29, 1.82) is 0 Å². The number of hydrogen-bond donors (Lipinski definition) is 0. The van der Waals surface area contributed by atoms with Gasteiger partial charge < -0.3 is 18.6 Å². The normalized spacial score (nSPS) is 16.8. The molecule has 0 atom stereocenters. The molecule has 4 aromatic rings. The van der Waals surface area contributed by atoms with Crippen LogP contribution in [0.2, 0.25) is 0 Å². The van der Waals surface area contributed by atoms with E-state index in [9.17, 15) is 0 Å². The summed E-state index contributed by atoms with van der Waals surface area (Å²) < 4.78 is 12.5. The van der Waals surface area contributed by atoms with Gasteiger partial charge in [-0.3, -0.25) is 0 Å². The number of rotatable bonds is 1. The van der Waals surface area contributed by atoms with Crippen LogP contribution in [-0.2, 0) is 0 Å². The van der Waals surface area contributed by atoms with Crippen molar-refractivity contribution < 1.29 is 8.83 Å². The lowest BCUT2D eigenvalue weighted by molar-refractivity contribution is 0.253. The van der Waals surface area contributed by atoms with Gasteiger partial charge in [-0.15, -0.1) is 0 Å². The van der Waals surface area contributed by atoms with Gasteiger partial charge in [0.25, 0.3) is 0 Å². The zero-order valence-corrected chi connectivity index (χ0v) is 14.8. The van der Waals surface area contributed by atoms with Crippen molar-refractivity contribution in [2.45, 2.75) is 26.4 Å². The highest BCUT2D eigenvalue weighted by atomic mass is 16.4. The summed E-state index contributed by atoms with van der Waals surface area (Å²) in [4.78, 5) is 4.48. The van der Waals surface area contributed by atoms with E-state index in [1.807, 2.05) is 24.3 Å². The van der Waals surface area contributed by atoms with Crippen molar-refractivity contribution in [2.24, 2.45) is 0 Å². The molecule has 1 aliphatic heterocycles. The van der Waals surface area contributed by atoms with Crippen LogP contribution in [0.15, 0.2) is 57.6 Å². The Morgan fingerprint density at radius 1 is 0.840 bits per heavy atom. The Morgan fingerprint density at radius 2 is 1.60 bits per heavy atom. The topological polar surface area (TPSA) is 32.8 Å². The number of furan rings is 2. The Kier molecular flexibility index (Phi) is 2.66. The van der Waals surface area contributed by atoms with Crippen LogP contribution in [0.25, 0.3) is 33.1 Å². The quantitative estimate of drug-likeness (QED) is 0.454. The van der Waals surface area contributed by atoms with E-state index in [-0.39, 0.29) is 5.66 Å². The van der Waals surface area contributed by atoms with E-state index in [0.29, 0.717) is 0 Å². The Balaban J connectivity index is 1.86. The second kappa shape index (κ2) is 4.60. The molecule has 0 fully saturated rings. The van der Waals surface area contributed by atoms with Crippen LogP contribution in [0.5, 0.6) is 0 Å². The van der Waals surface area contributed by atoms with E-state index < -0.39 is 0 Å². The largest absolute Gasteiger partial charge is 0.452 e. The molecular formula is C21H20N2O2. The predicted octanol–water partition coefficient (Wildman–Crippen LogP) is 5.60. The van der Waals surface area contributed by atoms with Crippen molar-refractivity contribution in [1.82, 2.24) is 4.90 Å². The van der Waals surface area contributed by atoms with Crippen LogP contribution < -0.4 is 4.90 Å². The lowest BCUT2D eigenvalue weighted by atomic mass is 10.1. The maximum atomic E-state index is 6.37. The Morgan fingerprint density at radius 3 is 2.36 bits per heavy atom. The van der Waals surface area contributed by atoms with Gasteiger partial charge in [0, 0.05) is 19.4 Å². The van der Waals surface area contributed by atoms with Gasteiger partial charge >= 0.3 is 0 Å². The molecule has 2 aromatic heterocycles. The van der Waals surface area contributed by atoms with Gasteiger partial charge in [-0.25, -0.2) is 0 Å². The summed E-state index contributed by atoms with van der Waals surface area (Å²) in [7, 11) is 2.09. The minimum absolute atomic E-state index is 0.158. The molecule has 5 rings (SSSR count). The van der Waals surface area contributed by atoms with E-state index in [2.05, 4.69) is 62.2 Å². The Labute approximate surface area is 145 Å². The van der Waals surface area contributed by atoms with E-state index in [4.69, 9.17) is 8.83 Å². The number of para-hydroxylation sites is 1. The SMILES string of the molecule is Cc1ccc2c(oc3c4ccccc4oc23)c1N1C=CN(C)C1(C)C. The fourth-order valence-electron chi connectivity index (χ4n) is 3.70. The zero-order valence-electron chi connectivity index (χ0n) is 14.8. The highest BCUT2D eigenvalue weighted by molar-refractivity contribution is 6.15. The average molecular weight is 332 g/mol. The second-order valence-corrected chi connectivity index (χ2v) is 7.24. The highest BCUT2D eigenvalue weighted by Crippen LogP contribution is 2.44. The number of aryl methyl sites for hydroxylation is 1. The fraction of sp³-hybridized carbons (Fsp3) is 0.238. The van der Waals surface area contributed by atoms with Gasteiger partial charge in [0.1, 0.15) is 11.2 Å². The Hall–Kier alpha value is -2.88. The summed E-state index contributed by atoms with van der Waals surface area (Å²) in [6.45, 7) is 6.53. The third-order valence-electron chi connectivity index (χ3n) is 5.46. The highest BCUT2D eigenvalue weighted by Gasteiger charge is 2.35.